The van der Waals surface area contributed by atoms with Gasteiger partial charge in [-0.05, 0) is 54.9 Å². The number of esters is 1. The lowest BCUT2D eigenvalue weighted by Crippen LogP contribution is -2.47. The van der Waals surface area contributed by atoms with Crippen LogP contribution in [0.25, 0.3) is 0 Å². The monoisotopic (exact) mass is 555 g/mol. The van der Waals surface area contributed by atoms with Crippen molar-refractivity contribution >= 4 is 35.0 Å². The maximum Gasteiger partial charge on any atom is 0.341 e. The van der Waals surface area contributed by atoms with Crippen molar-refractivity contribution in [2.45, 2.75) is 26.2 Å². The highest BCUT2D eigenvalue weighted by Crippen LogP contribution is 2.42. The molecule has 1 aromatic heterocycles. The number of hydrogen-bond acceptors (Lipinski definition) is 7. The Morgan fingerprint density at radius 3 is 2.82 bits per heavy atom. The quantitative estimate of drug-likeness (QED) is 0.410. The molecular formula is C29H31Cl2N3O4. The minimum Gasteiger partial charge on any atom is -0.464 e. The minimum absolute atomic E-state index is 0.147. The molecule has 7 nitrogen and oxygen atoms in total. The van der Waals surface area contributed by atoms with E-state index < -0.39 is 0 Å². The number of allylic oxidation sites excluding steroid dienone is 9. The Labute approximate surface area is 233 Å². The van der Waals surface area contributed by atoms with Gasteiger partial charge >= 0.3 is 5.97 Å². The van der Waals surface area contributed by atoms with Crippen LogP contribution in [0.2, 0.25) is 0 Å². The number of ether oxygens (including phenoxy) is 3. The van der Waals surface area contributed by atoms with Gasteiger partial charge in [0, 0.05) is 73.0 Å². The molecule has 4 aliphatic rings. The Hall–Kier alpha value is -3.00. The molecule has 9 heteroatoms. The molecule has 0 amide bonds. The second-order valence-electron chi connectivity index (χ2n) is 9.39. The van der Waals surface area contributed by atoms with Crippen LogP contribution < -0.4 is 4.90 Å². The minimum atomic E-state index is -0.327. The van der Waals surface area contributed by atoms with E-state index in [-0.39, 0.29) is 12.8 Å². The van der Waals surface area contributed by atoms with E-state index in [0.29, 0.717) is 30.8 Å². The summed E-state index contributed by atoms with van der Waals surface area (Å²) in [6.07, 6.45) is 13.6. The van der Waals surface area contributed by atoms with Gasteiger partial charge in [-0.15, -0.1) is 0 Å². The molecule has 0 bridgehead atoms. The third kappa shape index (κ3) is 6.01. The Bertz CT molecular complexity index is 1270. The van der Waals surface area contributed by atoms with E-state index in [9.17, 15) is 4.79 Å². The van der Waals surface area contributed by atoms with Gasteiger partial charge in [-0.3, -0.25) is 4.90 Å². The van der Waals surface area contributed by atoms with Crippen LogP contribution in [-0.2, 0) is 14.2 Å². The van der Waals surface area contributed by atoms with Crippen LogP contribution in [0.5, 0.6) is 0 Å². The van der Waals surface area contributed by atoms with Gasteiger partial charge in [0.2, 0.25) is 6.79 Å². The first-order chi connectivity index (χ1) is 18.5. The highest BCUT2D eigenvalue weighted by atomic mass is 35.5. The lowest BCUT2D eigenvalue weighted by Gasteiger charge is -2.36. The van der Waals surface area contributed by atoms with E-state index in [4.69, 9.17) is 37.4 Å². The number of halogens is 2. The van der Waals surface area contributed by atoms with Gasteiger partial charge in [0.1, 0.15) is 17.1 Å². The van der Waals surface area contributed by atoms with E-state index in [2.05, 4.69) is 20.9 Å². The van der Waals surface area contributed by atoms with Crippen LogP contribution in [0.4, 0.5) is 5.82 Å². The molecule has 1 fully saturated rings. The molecule has 3 heterocycles. The normalized spacial score (nSPS) is 21.0. The van der Waals surface area contributed by atoms with Crippen molar-refractivity contribution in [2.75, 3.05) is 51.0 Å². The smallest absolute Gasteiger partial charge is 0.341 e. The van der Waals surface area contributed by atoms with Gasteiger partial charge in [-0.25, -0.2) is 9.78 Å². The molecule has 0 unspecified atom stereocenters. The predicted octanol–water partition coefficient (Wildman–Crippen LogP) is 5.82. The summed E-state index contributed by atoms with van der Waals surface area (Å²) >= 11 is 13.0. The van der Waals surface area contributed by atoms with E-state index in [1.807, 2.05) is 25.2 Å². The number of rotatable bonds is 6. The van der Waals surface area contributed by atoms with Gasteiger partial charge in [-0.2, -0.15) is 0 Å². The third-order valence-electron chi connectivity index (χ3n) is 6.92. The molecular weight excluding hydrogens is 525 g/mol. The number of carbonyl (C=O) groups excluding carboxylic acids is 1. The Balaban J connectivity index is 1.26. The van der Waals surface area contributed by atoms with Crippen molar-refractivity contribution in [1.82, 2.24) is 9.88 Å². The number of piperazine rings is 1. The van der Waals surface area contributed by atoms with Gasteiger partial charge < -0.3 is 19.1 Å². The van der Waals surface area contributed by atoms with Crippen LogP contribution >= 0.6 is 23.2 Å². The second kappa shape index (κ2) is 12.2. The molecule has 0 N–H and O–H groups in total. The topological polar surface area (TPSA) is 64.1 Å². The van der Waals surface area contributed by atoms with Crippen LogP contribution in [0, 0.1) is 0 Å². The average molecular weight is 556 g/mol. The number of pyridine rings is 1. The molecule has 1 saturated heterocycles. The van der Waals surface area contributed by atoms with Crippen molar-refractivity contribution < 1.29 is 19.0 Å². The lowest BCUT2D eigenvalue weighted by atomic mass is 9.83. The van der Waals surface area contributed by atoms with Crippen molar-refractivity contribution in [1.29, 1.82) is 0 Å². The molecule has 1 aromatic rings. The predicted molar refractivity (Wildman–Crippen MR) is 149 cm³/mol. The van der Waals surface area contributed by atoms with E-state index in [0.717, 1.165) is 77.3 Å². The first-order valence-corrected chi connectivity index (χ1v) is 13.7. The van der Waals surface area contributed by atoms with Crippen LogP contribution in [0.15, 0.2) is 87.0 Å². The maximum atomic E-state index is 12.4. The first-order valence-electron chi connectivity index (χ1n) is 12.9. The largest absolute Gasteiger partial charge is 0.464 e. The summed E-state index contributed by atoms with van der Waals surface area (Å²) in [6.45, 7) is 6.58. The van der Waals surface area contributed by atoms with Crippen LogP contribution in [0.1, 0.15) is 36.5 Å². The average Bonchev–Trinajstić information content (AvgIpc) is 2.91. The number of carbonyl (C=O) groups is 1. The third-order valence-corrected chi connectivity index (χ3v) is 7.43. The first kappa shape index (κ1) is 26.6. The molecule has 200 valence electrons. The van der Waals surface area contributed by atoms with Crippen molar-refractivity contribution in [2.24, 2.45) is 0 Å². The van der Waals surface area contributed by atoms with Crippen LogP contribution in [-0.4, -0.2) is 62.0 Å². The molecule has 5 rings (SSSR count). The summed E-state index contributed by atoms with van der Waals surface area (Å²) < 4.78 is 16.7. The van der Waals surface area contributed by atoms with Crippen molar-refractivity contribution in [3.05, 3.63) is 92.6 Å². The van der Waals surface area contributed by atoms with Gasteiger partial charge in [0.15, 0.2) is 0 Å². The van der Waals surface area contributed by atoms with E-state index in [1.165, 1.54) is 0 Å². The molecule has 0 atom stereocenters. The Morgan fingerprint density at radius 2 is 2.00 bits per heavy atom. The van der Waals surface area contributed by atoms with Gasteiger partial charge in [0.05, 0.1) is 12.9 Å². The Morgan fingerprint density at radius 1 is 1.16 bits per heavy atom. The SMILES string of the molecule is CCOC(=O)c1cccnc1N1CCN(CCC=C2CC(Cl)=CC3=COCOC4=CC=C(Cl)CC4=C32)CC1. The fourth-order valence-electron chi connectivity index (χ4n) is 5.15. The van der Waals surface area contributed by atoms with E-state index in [1.54, 1.807) is 24.6 Å². The zero-order valence-electron chi connectivity index (χ0n) is 21.4. The van der Waals surface area contributed by atoms with Crippen molar-refractivity contribution in [3.8, 4) is 0 Å². The number of hydrogen-bond donors (Lipinski definition) is 0. The van der Waals surface area contributed by atoms with Crippen LogP contribution in [0.3, 0.4) is 0 Å². The molecule has 0 radical (unpaired) electrons. The standard InChI is InChI=1S/C29H31Cl2N3O4/c1-2-37-29(35)24-6-3-9-32-28(24)34-13-11-33(12-14-34)10-4-5-20-15-23(31)16-21-18-36-19-38-26-8-7-22(30)17-25(26)27(20)21/h3,5-9,16,18H,2,4,10-15,17,19H2,1H3. The molecule has 2 aliphatic heterocycles. The number of aromatic nitrogens is 1. The molecule has 0 spiro atoms. The lowest BCUT2D eigenvalue weighted by molar-refractivity contribution is 0.0297. The van der Waals surface area contributed by atoms with Gasteiger partial charge in [-0.1, -0.05) is 29.3 Å². The van der Waals surface area contributed by atoms with Gasteiger partial charge in [0.25, 0.3) is 0 Å². The fourth-order valence-corrected chi connectivity index (χ4v) is 5.61. The zero-order valence-corrected chi connectivity index (χ0v) is 22.9. The summed E-state index contributed by atoms with van der Waals surface area (Å²) in [7, 11) is 0. The highest BCUT2D eigenvalue weighted by molar-refractivity contribution is 6.30. The number of fused-ring (bicyclic) bond motifs is 2. The summed E-state index contributed by atoms with van der Waals surface area (Å²) in [5.41, 5.74) is 4.80. The second-order valence-corrected chi connectivity index (χ2v) is 10.4. The summed E-state index contributed by atoms with van der Waals surface area (Å²) in [5.74, 6) is 1.16. The van der Waals surface area contributed by atoms with E-state index >= 15 is 0 Å². The fraction of sp³-hybridized carbons (Fsp3) is 0.379. The Kier molecular flexibility index (Phi) is 8.57. The maximum absolute atomic E-state index is 12.4. The molecule has 0 saturated carbocycles. The molecule has 2 aliphatic carbocycles. The number of nitrogens with zero attached hydrogens (tertiary/aromatic N) is 3. The molecule has 0 aromatic carbocycles. The zero-order chi connectivity index (χ0) is 26.5. The summed E-state index contributed by atoms with van der Waals surface area (Å²) in [6, 6.07) is 3.55. The molecule has 38 heavy (non-hydrogen) atoms. The number of anilines is 1. The summed E-state index contributed by atoms with van der Waals surface area (Å²) in [4.78, 5) is 21.5. The van der Waals surface area contributed by atoms with Crippen molar-refractivity contribution in [3.63, 3.8) is 0 Å². The highest BCUT2D eigenvalue weighted by Gasteiger charge is 2.27. The summed E-state index contributed by atoms with van der Waals surface area (Å²) in [5, 5.41) is 1.55.